The Balaban J connectivity index is 0. The van der Waals surface area contributed by atoms with E-state index in [4.69, 9.17) is 5.73 Å². The Labute approximate surface area is 323 Å². The molecule has 5 heteroatoms. The van der Waals surface area contributed by atoms with Gasteiger partial charge in [0.1, 0.15) is 0 Å². The van der Waals surface area contributed by atoms with Crippen LogP contribution in [0.15, 0.2) is 0 Å². The van der Waals surface area contributed by atoms with E-state index in [2.05, 4.69) is 20.8 Å². The molecule has 4 nitrogen and oxygen atoms in total. The third-order valence-electron chi connectivity index (χ3n) is 11.0. The number of rotatable bonds is 42. The summed E-state index contributed by atoms with van der Waals surface area (Å²) in [6.45, 7) is 7.69. The van der Waals surface area contributed by atoms with E-state index in [9.17, 15) is 14.7 Å². The molecule has 312 valence electrons. The van der Waals surface area contributed by atoms with Gasteiger partial charge in [0, 0.05) is 0 Å². The minimum atomic E-state index is -4.37. The maximum atomic E-state index is 10.3. The molecule has 0 aromatic heterocycles. The van der Waals surface area contributed by atoms with Gasteiger partial charge in [0.2, 0.25) is 0 Å². The number of unbranched alkanes of at least 4 members (excludes halogenated alkanes) is 37. The second kappa shape index (κ2) is 43.0. The van der Waals surface area contributed by atoms with E-state index in [1.54, 1.807) is 0 Å². The second-order valence-electron chi connectivity index (χ2n) is 16.7. The molecule has 0 saturated carbocycles. The van der Waals surface area contributed by atoms with Gasteiger partial charge in [0.05, 0.1) is 0 Å². The van der Waals surface area contributed by atoms with Gasteiger partial charge >= 0.3 is 176 Å². The van der Waals surface area contributed by atoms with Crippen molar-refractivity contribution in [2.45, 2.75) is 278 Å². The Hall–Kier alpha value is 0.270. The predicted molar refractivity (Wildman–Crippen MR) is 234 cm³/mol. The van der Waals surface area contributed by atoms with E-state index in [1.165, 1.54) is 218 Å². The molecule has 0 rings (SSSR count). The molecule has 0 saturated heterocycles. The van der Waals surface area contributed by atoms with Gasteiger partial charge in [-0.25, -0.2) is 0 Å². The summed E-state index contributed by atoms with van der Waals surface area (Å²) in [7, 11) is -4.37. The fraction of sp³-hybridized carbons (Fsp3) is 1.00. The van der Waals surface area contributed by atoms with Crippen molar-refractivity contribution in [2.24, 2.45) is 5.73 Å². The van der Waals surface area contributed by atoms with Crippen molar-refractivity contribution in [1.82, 2.24) is 0 Å². The molecule has 0 radical (unpaired) electrons. The van der Waals surface area contributed by atoms with Crippen LogP contribution in [0.1, 0.15) is 278 Å². The van der Waals surface area contributed by atoms with E-state index in [1.807, 2.05) is 0 Å². The van der Waals surface area contributed by atoms with Crippen molar-refractivity contribution >= 4 is 7.28 Å². The quantitative estimate of drug-likeness (QED) is 0.0370. The standard InChI is InChI=1S/C28H61O3P.C18H39N/c1-3-5-7-9-11-13-15-17-19-21-23-25-27-32(29,30,31)28-26-24-22-20-18-16-14-12-10-8-6-4-2;1-2-3-4-5-6-7-8-9-10-11-12-13-14-15-16-17-18-19/h29-31H,3-28H2,1-2H3;2-19H2,1H3. The average Bonchev–Trinajstić information content (AvgIpc) is 3.11. The van der Waals surface area contributed by atoms with E-state index >= 15 is 0 Å². The summed E-state index contributed by atoms with van der Waals surface area (Å²) in [6.07, 6.45) is 53.3. The molecule has 0 spiro atoms. The van der Waals surface area contributed by atoms with Gasteiger partial charge in [-0.3, -0.25) is 0 Å². The first kappa shape index (κ1) is 53.4. The molecule has 0 aliphatic carbocycles. The molecule has 0 bridgehead atoms. The summed E-state index contributed by atoms with van der Waals surface area (Å²) in [5.41, 5.74) is 5.48. The summed E-state index contributed by atoms with van der Waals surface area (Å²) in [5, 5.41) is 0. The van der Waals surface area contributed by atoms with Gasteiger partial charge < -0.3 is 5.73 Å². The molecule has 5 N–H and O–H groups in total. The summed E-state index contributed by atoms with van der Waals surface area (Å²) >= 11 is 0. The van der Waals surface area contributed by atoms with Crippen molar-refractivity contribution in [3.63, 3.8) is 0 Å². The van der Waals surface area contributed by atoms with Crippen LogP contribution in [0.3, 0.4) is 0 Å². The average molecular weight is 746 g/mol. The van der Waals surface area contributed by atoms with E-state index in [-0.39, 0.29) is 12.3 Å². The SMILES string of the molecule is CCCCCCCCCCCCCCCCCCN.CCCCCCCCCCCCCCP(O)(O)(O)CCCCCCCCCCCCCC. The maximum absolute atomic E-state index is 10.3. The number of hydrogen-bond donors (Lipinski definition) is 4. The first-order valence-electron chi connectivity index (χ1n) is 23.8. The monoisotopic (exact) mass is 746 g/mol. The Morgan fingerprint density at radius 3 is 0.588 bits per heavy atom. The Morgan fingerprint density at radius 1 is 0.255 bits per heavy atom. The Morgan fingerprint density at radius 2 is 0.412 bits per heavy atom. The molecule has 0 aromatic carbocycles. The summed E-state index contributed by atoms with van der Waals surface area (Å²) in [5.74, 6) is 0. The molecule has 0 heterocycles. The first-order valence-corrected chi connectivity index (χ1v) is 26.2. The molecule has 0 amide bonds. The first-order chi connectivity index (χ1) is 24.8. The zero-order chi connectivity index (χ0) is 37.9. The smallest absolute Gasteiger partial charge is 0.0654 e. The van der Waals surface area contributed by atoms with Crippen molar-refractivity contribution in [2.75, 3.05) is 18.9 Å². The van der Waals surface area contributed by atoms with Crippen LogP contribution in [0, 0.1) is 0 Å². The molecule has 0 unspecified atom stereocenters. The fourth-order valence-corrected chi connectivity index (χ4v) is 9.32. The van der Waals surface area contributed by atoms with Crippen molar-refractivity contribution in [3.05, 3.63) is 0 Å². The van der Waals surface area contributed by atoms with Gasteiger partial charge in [0.15, 0.2) is 0 Å². The Kier molecular flexibility index (Phi) is 45.0. The third kappa shape index (κ3) is 50.3. The van der Waals surface area contributed by atoms with E-state index in [0.29, 0.717) is 0 Å². The minimum absolute atomic E-state index is 0.209. The van der Waals surface area contributed by atoms with Gasteiger partial charge in [-0.15, -0.1) is 0 Å². The molecule has 0 atom stereocenters. The molecule has 0 aliphatic rings. The van der Waals surface area contributed by atoms with Gasteiger partial charge in [0.25, 0.3) is 0 Å². The zero-order valence-corrected chi connectivity index (χ0v) is 36.7. The summed E-state index contributed by atoms with van der Waals surface area (Å²) in [4.78, 5) is 31.0. The van der Waals surface area contributed by atoms with Gasteiger partial charge in [-0.2, -0.15) is 0 Å². The zero-order valence-electron chi connectivity index (χ0n) is 35.8. The van der Waals surface area contributed by atoms with E-state index < -0.39 is 7.28 Å². The molecule has 51 heavy (non-hydrogen) atoms. The van der Waals surface area contributed by atoms with Crippen LogP contribution in [-0.4, -0.2) is 33.5 Å². The molecule has 0 fully saturated rings. The van der Waals surface area contributed by atoms with Crippen LogP contribution in [0.2, 0.25) is 0 Å². The van der Waals surface area contributed by atoms with Crippen LogP contribution >= 0.6 is 7.28 Å². The topological polar surface area (TPSA) is 86.7 Å². The van der Waals surface area contributed by atoms with Crippen LogP contribution in [0.4, 0.5) is 0 Å². The van der Waals surface area contributed by atoms with E-state index in [0.717, 1.165) is 45.1 Å². The molecule has 0 aromatic rings. The van der Waals surface area contributed by atoms with Gasteiger partial charge in [-0.05, 0) is 13.0 Å². The van der Waals surface area contributed by atoms with Crippen molar-refractivity contribution in [3.8, 4) is 0 Å². The van der Waals surface area contributed by atoms with Crippen LogP contribution in [-0.2, 0) is 0 Å². The van der Waals surface area contributed by atoms with Crippen LogP contribution < -0.4 is 5.73 Å². The Bertz CT molecular complexity index is 575. The number of hydrogen-bond acceptors (Lipinski definition) is 4. The van der Waals surface area contributed by atoms with Gasteiger partial charge in [-0.1, -0.05) is 130 Å². The van der Waals surface area contributed by atoms with Crippen molar-refractivity contribution in [1.29, 1.82) is 0 Å². The number of nitrogens with two attached hydrogens (primary N) is 1. The fourth-order valence-electron chi connectivity index (χ4n) is 7.36. The molecular weight excluding hydrogens is 645 g/mol. The summed E-state index contributed by atoms with van der Waals surface area (Å²) in [6, 6.07) is 0. The second-order valence-corrected chi connectivity index (χ2v) is 20.2. The molecular formula is C46H100NO3P. The predicted octanol–water partition coefficient (Wildman–Crippen LogP) is 15.9. The normalized spacial score (nSPS) is 12.5. The summed E-state index contributed by atoms with van der Waals surface area (Å²) < 4.78 is 0. The minimum Gasteiger partial charge on any atom is -0.0654 e. The van der Waals surface area contributed by atoms with Crippen molar-refractivity contribution < 1.29 is 14.7 Å². The third-order valence-corrected chi connectivity index (χ3v) is 13.5. The van der Waals surface area contributed by atoms with Crippen LogP contribution in [0.5, 0.6) is 0 Å². The molecule has 0 aliphatic heterocycles. The van der Waals surface area contributed by atoms with Crippen LogP contribution in [0.25, 0.3) is 0 Å².